The average Bonchev–Trinajstić information content (AvgIpc) is 3.33. The maximum Gasteiger partial charge on any atom is 0.308 e. The van der Waals surface area contributed by atoms with E-state index in [1.165, 1.54) is 0 Å². The van der Waals surface area contributed by atoms with Crippen LogP contribution in [0.5, 0.6) is 0 Å². The second kappa shape index (κ2) is 9.30. The normalized spacial score (nSPS) is 32.0. The van der Waals surface area contributed by atoms with Crippen LogP contribution in [0.2, 0.25) is 0 Å². The van der Waals surface area contributed by atoms with Gasteiger partial charge >= 0.3 is 5.97 Å². The predicted octanol–water partition coefficient (Wildman–Crippen LogP) is 2.14. The van der Waals surface area contributed by atoms with Crippen molar-refractivity contribution in [3.05, 3.63) is 12.7 Å². The summed E-state index contributed by atoms with van der Waals surface area (Å²) in [6.45, 7) is 8.69. The van der Waals surface area contributed by atoms with Crippen molar-refractivity contribution in [3.8, 4) is 0 Å². The fourth-order valence-electron chi connectivity index (χ4n) is 5.55. The molecule has 0 aliphatic carbocycles. The highest BCUT2D eigenvalue weighted by molar-refractivity contribution is 8.02. The molecule has 2 unspecified atom stereocenters. The van der Waals surface area contributed by atoms with E-state index in [0.717, 1.165) is 32.1 Å². The summed E-state index contributed by atoms with van der Waals surface area (Å²) in [5, 5.41) is 18.7. The quantitative estimate of drug-likeness (QED) is 0.379. The Bertz CT molecular complexity index is 699. The number of amides is 2. The van der Waals surface area contributed by atoms with E-state index in [1.54, 1.807) is 27.6 Å². The van der Waals surface area contributed by atoms with E-state index in [-0.39, 0.29) is 29.7 Å². The van der Waals surface area contributed by atoms with E-state index in [0.29, 0.717) is 19.5 Å². The fourth-order valence-corrected chi connectivity index (χ4v) is 7.76. The SMILES string of the molecule is C=CCN(C(=O)C1N(CCCCCCO)C(=O)[C@@H]2[C@H](C(=O)O)[C@@H]3CCC12S3)C(C)C. The van der Waals surface area contributed by atoms with Gasteiger partial charge in [0.15, 0.2) is 0 Å². The molecule has 2 amide bonds. The van der Waals surface area contributed by atoms with Gasteiger partial charge < -0.3 is 20.0 Å². The standard InChI is InChI=1S/C22H34N2O5S/c1-4-11-23(14(2)3)20(27)18-22-10-9-15(30-22)16(21(28)29)17(22)19(26)24(18)12-7-5-6-8-13-25/h4,14-18,25H,1,5-13H2,2-3H3,(H,28,29)/t15-,16+,17-,18?,22?/m0/s1. The third-order valence-electron chi connectivity index (χ3n) is 6.86. The summed E-state index contributed by atoms with van der Waals surface area (Å²) in [4.78, 5) is 42.7. The van der Waals surface area contributed by atoms with Crippen molar-refractivity contribution in [2.45, 2.75) is 74.5 Å². The molecule has 5 atom stereocenters. The Morgan fingerprint density at radius 3 is 2.63 bits per heavy atom. The number of thioether (sulfide) groups is 1. The molecule has 7 nitrogen and oxygen atoms in total. The van der Waals surface area contributed by atoms with Crippen LogP contribution in [0.4, 0.5) is 0 Å². The Morgan fingerprint density at radius 2 is 2.03 bits per heavy atom. The Hall–Kier alpha value is -1.54. The molecule has 0 radical (unpaired) electrons. The highest BCUT2D eigenvalue weighted by atomic mass is 32.2. The van der Waals surface area contributed by atoms with Gasteiger partial charge in [-0.2, -0.15) is 0 Å². The largest absolute Gasteiger partial charge is 0.481 e. The molecule has 3 rings (SSSR count). The molecular weight excluding hydrogens is 404 g/mol. The predicted molar refractivity (Wildman–Crippen MR) is 116 cm³/mol. The van der Waals surface area contributed by atoms with Crippen LogP contribution in [0.25, 0.3) is 0 Å². The van der Waals surface area contributed by atoms with Crippen LogP contribution in [0.1, 0.15) is 52.4 Å². The molecule has 8 heteroatoms. The van der Waals surface area contributed by atoms with Gasteiger partial charge in [0.25, 0.3) is 0 Å². The number of carboxylic acids is 1. The van der Waals surface area contributed by atoms with E-state index in [2.05, 4.69) is 6.58 Å². The van der Waals surface area contributed by atoms with Crippen molar-refractivity contribution < 1.29 is 24.6 Å². The number of carbonyl (C=O) groups is 3. The summed E-state index contributed by atoms with van der Waals surface area (Å²) < 4.78 is -0.638. The van der Waals surface area contributed by atoms with Crippen LogP contribution in [0.15, 0.2) is 12.7 Å². The van der Waals surface area contributed by atoms with E-state index in [4.69, 9.17) is 5.11 Å². The van der Waals surface area contributed by atoms with Crippen molar-refractivity contribution in [2.75, 3.05) is 19.7 Å². The summed E-state index contributed by atoms with van der Waals surface area (Å²) >= 11 is 1.57. The molecule has 0 aromatic heterocycles. The van der Waals surface area contributed by atoms with Gasteiger partial charge in [-0.25, -0.2) is 0 Å². The zero-order chi connectivity index (χ0) is 22.1. The number of carbonyl (C=O) groups excluding carboxylic acids is 2. The molecular formula is C22H34N2O5S. The number of hydrogen-bond acceptors (Lipinski definition) is 5. The smallest absolute Gasteiger partial charge is 0.308 e. The van der Waals surface area contributed by atoms with Crippen molar-refractivity contribution in [2.24, 2.45) is 11.8 Å². The summed E-state index contributed by atoms with van der Waals surface area (Å²) in [6.07, 6.45) is 6.34. The molecule has 3 aliphatic heterocycles. The van der Waals surface area contributed by atoms with Gasteiger partial charge in [0.1, 0.15) is 6.04 Å². The molecule has 2 bridgehead atoms. The van der Waals surface area contributed by atoms with Crippen LogP contribution in [-0.2, 0) is 14.4 Å². The Kier molecular flexibility index (Phi) is 7.17. The Morgan fingerprint density at radius 1 is 1.33 bits per heavy atom. The molecule has 30 heavy (non-hydrogen) atoms. The lowest BCUT2D eigenvalue weighted by molar-refractivity contribution is -0.148. The van der Waals surface area contributed by atoms with Crippen molar-refractivity contribution in [1.82, 2.24) is 9.80 Å². The molecule has 0 aromatic carbocycles. The number of hydrogen-bond donors (Lipinski definition) is 2. The number of carboxylic acid groups (broad SMARTS) is 1. The van der Waals surface area contributed by atoms with E-state index in [9.17, 15) is 19.5 Å². The van der Waals surface area contributed by atoms with Crippen molar-refractivity contribution >= 4 is 29.5 Å². The number of likely N-dealkylation sites (tertiary alicyclic amines) is 1. The second-order valence-corrected chi connectivity index (χ2v) is 10.5. The summed E-state index contributed by atoms with van der Waals surface area (Å²) in [7, 11) is 0. The first-order valence-corrected chi connectivity index (χ1v) is 11.9. The lowest BCUT2D eigenvalue weighted by atomic mass is 9.71. The number of fused-ring (bicyclic) bond motifs is 1. The maximum absolute atomic E-state index is 13.8. The minimum Gasteiger partial charge on any atom is -0.481 e. The Labute approximate surface area is 182 Å². The molecule has 3 fully saturated rings. The van der Waals surface area contributed by atoms with Crippen LogP contribution < -0.4 is 0 Å². The highest BCUT2D eigenvalue weighted by Crippen LogP contribution is 2.66. The topological polar surface area (TPSA) is 98.2 Å². The van der Waals surface area contributed by atoms with E-state index >= 15 is 0 Å². The Balaban J connectivity index is 1.92. The second-order valence-electron chi connectivity index (χ2n) is 8.94. The lowest BCUT2D eigenvalue weighted by Crippen LogP contribution is -2.56. The van der Waals surface area contributed by atoms with Crippen LogP contribution in [0, 0.1) is 11.8 Å². The van der Waals surface area contributed by atoms with E-state index in [1.807, 2.05) is 13.8 Å². The molecule has 3 heterocycles. The molecule has 3 aliphatic rings. The molecule has 2 N–H and O–H groups in total. The molecule has 0 aromatic rings. The van der Waals surface area contributed by atoms with Gasteiger partial charge in [-0.1, -0.05) is 18.9 Å². The minimum absolute atomic E-state index is 0.0358. The highest BCUT2D eigenvalue weighted by Gasteiger charge is 2.73. The van der Waals surface area contributed by atoms with Gasteiger partial charge in [0.05, 0.1) is 16.6 Å². The zero-order valence-corrected chi connectivity index (χ0v) is 18.8. The van der Waals surface area contributed by atoms with Crippen LogP contribution in [-0.4, -0.2) is 79.6 Å². The number of aliphatic carboxylic acids is 1. The van der Waals surface area contributed by atoms with Crippen LogP contribution in [0.3, 0.4) is 0 Å². The fraction of sp³-hybridized carbons (Fsp3) is 0.773. The maximum atomic E-state index is 13.8. The summed E-state index contributed by atoms with van der Waals surface area (Å²) in [5.74, 6) is -2.51. The average molecular weight is 439 g/mol. The van der Waals surface area contributed by atoms with Crippen molar-refractivity contribution in [3.63, 3.8) is 0 Å². The lowest BCUT2D eigenvalue weighted by Gasteiger charge is -2.38. The third-order valence-corrected chi connectivity index (χ3v) is 8.81. The van der Waals surface area contributed by atoms with Gasteiger partial charge in [-0.05, 0) is 39.5 Å². The first-order chi connectivity index (χ1) is 14.3. The van der Waals surface area contributed by atoms with Gasteiger partial charge in [0, 0.05) is 31.0 Å². The molecule has 3 saturated heterocycles. The summed E-state index contributed by atoms with van der Waals surface area (Å²) in [5.41, 5.74) is 0. The first kappa shape index (κ1) is 23.1. The third kappa shape index (κ3) is 3.77. The van der Waals surface area contributed by atoms with Crippen molar-refractivity contribution in [1.29, 1.82) is 0 Å². The van der Waals surface area contributed by atoms with Gasteiger partial charge in [0.2, 0.25) is 11.8 Å². The summed E-state index contributed by atoms with van der Waals surface area (Å²) in [6, 6.07) is -0.652. The number of unbranched alkanes of at least 4 members (excludes halogenated alkanes) is 3. The molecule has 168 valence electrons. The first-order valence-electron chi connectivity index (χ1n) is 11.0. The zero-order valence-electron chi connectivity index (χ0n) is 18.0. The van der Waals surface area contributed by atoms with E-state index < -0.39 is 28.6 Å². The minimum atomic E-state index is -0.921. The number of aliphatic hydroxyl groups is 1. The molecule has 0 saturated carbocycles. The van der Waals surface area contributed by atoms with Gasteiger partial charge in [-0.15, -0.1) is 18.3 Å². The number of aliphatic hydroxyl groups excluding tert-OH is 1. The number of nitrogens with zero attached hydrogens (tertiary/aromatic N) is 2. The monoisotopic (exact) mass is 438 g/mol. The van der Waals surface area contributed by atoms with Gasteiger partial charge in [-0.3, -0.25) is 14.4 Å². The number of rotatable bonds is 11. The molecule has 1 spiro atoms. The van der Waals surface area contributed by atoms with Crippen LogP contribution >= 0.6 is 11.8 Å².